The van der Waals surface area contributed by atoms with Crippen molar-refractivity contribution in [2.45, 2.75) is 0 Å². The second-order valence-corrected chi connectivity index (χ2v) is 8.91. The largest absolute Gasteiger partial charge is 0.457 e. The summed E-state index contributed by atoms with van der Waals surface area (Å²) in [6.07, 6.45) is 2.91. The SMILES string of the molecule is O=C(C=Cc1ccc(-c2ccc(Cl)cc2)o1)NC(=S)N1CCN(c2c(Cl)cccc2[N+](=O)[O-])CC1. The highest BCUT2D eigenvalue weighted by molar-refractivity contribution is 7.80. The van der Waals surface area contributed by atoms with Gasteiger partial charge in [0.25, 0.3) is 5.69 Å². The maximum atomic E-state index is 12.4. The first kappa shape index (κ1) is 24.7. The number of anilines is 1. The summed E-state index contributed by atoms with van der Waals surface area (Å²) < 4.78 is 5.75. The van der Waals surface area contributed by atoms with E-state index in [1.807, 2.05) is 28.0 Å². The molecule has 4 rings (SSSR count). The molecule has 0 unspecified atom stereocenters. The third-order valence-corrected chi connectivity index (χ3v) is 6.35. The van der Waals surface area contributed by atoms with E-state index in [4.69, 9.17) is 39.8 Å². The number of hydrogen-bond donors (Lipinski definition) is 1. The van der Waals surface area contributed by atoms with Crippen LogP contribution in [0.15, 0.2) is 65.1 Å². The van der Waals surface area contributed by atoms with Gasteiger partial charge < -0.3 is 14.2 Å². The molecule has 1 N–H and O–H groups in total. The number of para-hydroxylation sites is 1. The van der Waals surface area contributed by atoms with Gasteiger partial charge >= 0.3 is 0 Å². The van der Waals surface area contributed by atoms with Gasteiger partial charge in [0, 0.05) is 48.9 Å². The van der Waals surface area contributed by atoms with Crippen LogP contribution < -0.4 is 10.2 Å². The molecular weight excluding hydrogens is 511 g/mol. The molecule has 1 aliphatic rings. The van der Waals surface area contributed by atoms with E-state index in [0.717, 1.165) is 5.56 Å². The van der Waals surface area contributed by atoms with E-state index in [1.54, 1.807) is 36.4 Å². The maximum absolute atomic E-state index is 12.4. The van der Waals surface area contributed by atoms with E-state index in [0.29, 0.717) is 53.4 Å². The number of rotatable bonds is 5. The minimum atomic E-state index is -0.442. The van der Waals surface area contributed by atoms with Crippen molar-refractivity contribution in [3.63, 3.8) is 0 Å². The van der Waals surface area contributed by atoms with Gasteiger partial charge in [-0.1, -0.05) is 29.3 Å². The van der Waals surface area contributed by atoms with Gasteiger partial charge in [-0.2, -0.15) is 0 Å². The van der Waals surface area contributed by atoms with Crippen molar-refractivity contribution in [3.05, 3.63) is 86.6 Å². The minimum Gasteiger partial charge on any atom is -0.457 e. The fraction of sp³-hybridized carbons (Fsp3) is 0.167. The summed E-state index contributed by atoms with van der Waals surface area (Å²) in [5.74, 6) is 0.795. The van der Waals surface area contributed by atoms with E-state index in [1.165, 1.54) is 12.1 Å². The van der Waals surface area contributed by atoms with Crippen molar-refractivity contribution in [3.8, 4) is 11.3 Å². The number of hydrogen-bond acceptors (Lipinski definition) is 6. The molecule has 0 atom stereocenters. The van der Waals surface area contributed by atoms with Crippen molar-refractivity contribution in [1.29, 1.82) is 0 Å². The first-order valence-electron chi connectivity index (χ1n) is 10.6. The number of benzene rings is 2. The van der Waals surface area contributed by atoms with Crippen LogP contribution in [-0.2, 0) is 4.79 Å². The van der Waals surface area contributed by atoms with Gasteiger partial charge in [0.2, 0.25) is 5.91 Å². The highest BCUT2D eigenvalue weighted by Gasteiger charge is 2.27. The number of carbonyl (C=O) groups excluding carboxylic acids is 1. The van der Waals surface area contributed by atoms with Gasteiger partial charge in [0.05, 0.1) is 9.95 Å². The molecule has 1 aliphatic heterocycles. The van der Waals surface area contributed by atoms with Gasteiger partial charge in [0.1, 0.15) is 17.2 Å². The molecule has 0 aliphatic carbocycles. The molecule has 3 aromatic rings. The summed E-state index contributed by atoms with van der Waals surface area (Å²) in [6.45, 7) is 1.90. The zero-order valence-corrected chi connectivity index (χ0v) is 20.6. The van der Waals surface area contributed by atoms with Crippen molar-refractivity contribution in [1.82, 2.24) is 10.2 Å². The molecule has 0 bridgehead atoms. The van der Waals surface area contributed by atoms with Crippen LogP contribution in [0.3, 0.4) is 0 Å². The molecule has 0 saturated carbocycles. The Hall–Kier alpha value is -3.40. The Morgan fingerprint density at radius 1 is 1.06 bits per heavy atom. The predicted molar refractivity (Wildman–Crippen MR) is 141 cm³/mol. The number of furan rings is 1. The summed E-state index contributed by atoms with van der Waals surface area (Å²) in [6, 6.07) is 15.4. The molecule has 0 radical (unpaired) electrons. The molecule has 8 nitrogen and oxygen atoms in total. The molecule has 1 fully saturated rings. The molecule has 0 spiro atoms. The summed E-state index contributed by atoms with van der Waals surface area (Å²) in [4.78, 5) is 27.0. The zero-order valence-electron chi connectivity index (χ0n) is 18.3. The van der Waals surface area contributed by atoms with Crippen LogP contribution in [0.4, 0.5) is 11.4 Å². The standard InChI is InChI=1S/C24H20Cl2N4O4S/c25-17-6-4-16(5-7-17)21-10-8-18(34-21)9-11-22(31)27-24(35)29-14-12-28(13-15-29)23-19(26)2-1-3-20(23)30(32)33/h1-11H,12-15H2,(H,27,31,35). The monoisotopic (exact) mass is 530 g/mol. The van der Waals surface area contributed by atoms with E-state index in [2.05, 4.69) is 5.32 Å². The lowest BCUT2D eigenvalue weighted by Gasteiger charge is -2.37. The number of nitro benzene ring substituents is 1. The Morgan fingerprint density at radius 2 is 1.77 bits per heavy atom. The molecule has 180 valence electrons. The number of carbonyl (C=O) groups is 1. The lowest BCUT2D eigenvalue weighted by Crippen LogP contribution is -2.52. The molecule has 1 amide bonds. The Kier molecular flexibility index (Phi) is 7.70. The van der Waals surface area contributed by atoms with Crippen LogP contribution in [0.1, 0.15) is 5.76 Å². The smallest absolute Gasteiger partial charge is 0.294 e. The van der Waals surface area contributed by atoms with Crippen molar-refractivity contribution in [2.24, 2.45) is 0 Å². The normalized spacial score (nSPS) is 13.8. The molecule has 2 aromatic carbocycles. The lowest BCUT2D eigenvalue weighted by atomic mass is 10.2. The Labute approximate surface area is 216 Å². The maximum Gasteiger partial charge on any atom is 0.294 e. The number of piperazine rings is 1. The van der Waals surface area contributed by atoms with Crippen LogP contribution in [-0.4, -0.2) is 47.0 Å². The molecule has 35 heavy (non-hydrogen) atoms. The van der Waals surface area contributed by atoms with Crippen LogP contribution in [0.25, 0.3) is 17.4 Å². The van der Waals surface area contributed by atoms with Crippen LogP contribution in [0.5, 0.6) is 0 Å². The Morgan fingerprint density at radius 3 is 2.46 bits per heavy atom. The number of nitro groups is 1. The summed E-state index contributed by atoms with van der Waals surface area (Å²) >= 11 is 17.5. The minimum absolute atomic E-state index is 0.0379. The van der Waals surface area contributed by atoms with Crippen molar-refractivity contribution < 1.29 is 14.1 Å². The van der Waals surface area contributed by atoms with Gasteiger partial charge in [-0.3, -0.25) is 20.2 Å². The van der Waals surface area contributed by atoms with Gasteiger partial charge in [-0.25, -0.2) is 0 Å². The number of amides is 1. The van der Waals surface area contributed by atoms with Crippen molar-refractivity contribution >= 4 is 63.9 Å². The fourth-order valence-electron chi connectivity index (χ4n) is 3.69. The molecule has 2 heterocycles. The van der Waals surface area contributed by atoms with Crippen LogP contribution in [0.2, 0.25) is 10.0 Å². The number of nitrogens with one attached hydrogen (secondary N) is 1. The highest BCUT2D eigenvalue weighted by atomic mass is 35.5. The summed E-state index contributed by atoms with van der Waals surface area (Å²) in [5.41, 5.74) is 1.23. The molecule has 1 saturated heterocycles. The van der Waals surface area contributed by atoms with Crippen LogP contribution in [0, 0.1) is 10.1 Å². The number of nitrogens with zero attached hydrogens (tertiary/aromatic N) is 3. The Bertz CT molecular complexity index is 1280. The average molecular weight is 531 g/mol. The second-order valence-electron chi connectivity index (χ2n) is 7.68. The quantitative estimate of drug-likeness (QED) is 0.204. The van der Waals surface area contributed by atoms with Gasteiger partial charge in [0.15, 0.2) is 5.11 Å². The molecule has 11 heteroatoms. The van der Waals surface area contributed by atoms with E-state index >= 15 is 0 Å². The first-order valence-corrected chi connectivity index (χ1v) is 11.8. The third-order valence-electron chi connectivity index (χ3n) is 5.43. The predicted octanol–water partition coefficient (Wildman–Crippen LogP) is 5.40. The van der Waals surface area contributed by atoms with E-state index in [9.17, 15) is 14.9 Å². The highest BCUT2D eigenvalue weighted by Crippen LogP contribution is 2.35. The van der Waals surface area contributed by atoms with E-state index < -0.39 is 4.92 Å². The number of thiocarbonyl (C=S) groups is 1. The fourth-order valence-corrected chi connectivity index (χ4v) is 4.39. The lowest BCUT2D eigenvalue weighted by molar-refractivity contribution is -0.384. The summed E-state index contributed by atoms with van der Waals surface area (Å²) in [7, 11) is 0. The molecule has 1 aromatic heterocycles. The molecular formula is C24H20Cl2N4O4S. The van der Waals surface area contributed by atoms with Crippen LogP contribution >= 0.6 is 35.4 Å². The zero-order chi connectivity index (χ0) is 24.9. The topological polar surface area (TPSA) is 91.9 Å². The van der Waals surface area contributed by atoms with Crippen molar-refractivity contribution in [2.75, 3.05) is 31.1 Å². The van der Waals surface area contributed by atoms with E-state index in [-0.39, 0.29) is 16.7 Å². The summed E-state index contributed by atoms with van der Waals surface area (Å²) in [5, 5.41) is 15.3. The van der Waals surface area contributed by atoms with Gasteiger partial charge in [-0.15, -0.1) is 0 Å². The Balaban J connectivity index is 1.31. The number of halogens is 2. The van der Waals surface area contributed by atoms with Gasteiger partial charge in [-0.05, 0) is 60.8 Å². The average Bonchev–Trinajstić information content (AvgIpc) is 3.32. The second kappa shape index (κ2) is 10.9. The first-order chi connectivity index (χ1) is 16.8. The third kappa shape index (κ3) is 6.00.